The van der Waals surface area contributed by atoms with Crippen LogP contribution in [0, 0.1) is 35.3 Å². The molecule has 0 heterocycles. The molecule has 0 nitrogen and oxygen atoms in total. The highest BCUT2D eigenvalue weighted by Gasteiger charge is 2.38. The first-order chi connectivity index (χ1) is 17.2. The van der Waals surface area contributed by atoms with Crippen molar-refractivity contribution < 1.29 is 22.0 Å². The van der Waals surface area contributed by atoms with Gasteiger partial charge in [-0.15, -0.1) is 0 Å². The molecule has 2 aromatic carbocycles. The van der Waals surface area contributed by atoms with Crippen LogP contribution in [0.25, 0.3) is 16.7 Å². The molecule has 0 radical (unpaired) electrons. The van der Waals surface area contributed by atoms with Crippen molar-refractivity contribution in [1.29, 1.82) is 0 Å². The van der Waals surface area contributed by atoms with Crippen molar-refractivity contribution in [2.45, 2.75) is 84.2 Å². The van der Waals surface area contributed by atoms with Gasteiger partial charge in [0.15, 0.2) is 0 Å². The molecule has 2 aliphatic carbocycles. The number of alkyl halides is 3. The monoisotopic (exact) mass is 504 g/mol. The second-order valence-electron chi connectivity index (χ2n) is 11.0. The van der Waals surface area contributed by atoms with Gasteiger partial charge in [-0.1, -0.05) is 62.9 Å². The standard InChI is InChI=1S/C31H37F5/c1-3-4-21-5-9-24(10-6-21)25-11-7-22(8-12-25)17-20(2)23-13-15-26(16-14-23)27-18-28(32)30(29(33)19-27)31(34,35)36/h13-19,21-22,24-25H,3-12H2,1-2H3/b20-17+. The van der Waals surface area contributed by atoms with E-state index in [4.69, 9.17) is 0 Å². The van der Waals surface area contributed by atoms with Crippen LogP contribution in [0.2, 0.25) is 0 Å². The summed E-state index contributed by atoms with van der Waals surface area (Å²) in [5.74, 6) is 0.120. The Hall–Kier alpha value is -2.17. The Morgan fingerprint density at radius 1 is 0.806 bits per heavy atom. The van der Waals surface area contributed by atoms with E-state index in [-0.39, 0.29) is 5.56 Å². The summed E-state index contributed by atoms with van der Waals surface area (Å²) in [5, 5.41) is 0. The first-order valence-electron chi connectivity index (χ1n) is 13.5. The Morgan fingerprint density at radius 3 is 1.83 bits per heavy atom. The van der Waals surface area contributed by atoms with Crippen LogP contribution in [0.5, 0.6) is 0 Å². The number of halogens is 5. The van der Waals surface area contributed by atoms with E-state index in [0.717, 1.165) is 41.0 Å². The molecule has 36 heavy (non-hydrogen) atoms. The normalized spacial score (nSPS) is 25.7. The van der Waals surface area contributed by atoms with Crippen molar-refractivity contribution in [2.24, 2.45) is 23.7 Å². The van der Waals surface area contributed by atoms with Crippen molar-refractivity contribution >= 4 is 5.57 Å². The van der Waals surface area contributed by atoms with Crippen molar-refractivity contribution in [3.8, 4) is 11.1 Å². The summed E-state index contributed by atoms with van der Waals surface area (Å²) in [6.45, 7) is 4.37. The minimum Gasteiger partial charge on any atom is -0.206 e. The third kappa shape index (κ3) is 6.39. The highest BCUT2D eigenvalue weighted by molar-refractivity contribution is 5.70. The summed E-state index contributed by atoms with van der Waals surface area (Å²) in [5.41, 5.74) is 0.902. The van der Waals surface area contributed by atoms with Crippen molar-refractivity contribution in [1.82, 2.24) is 0 Å². The number of benzene rings is 2. The van der Waals surface area contributed by atoms with Gasteiger partial charge in [-0.05, 0) is 104 Å². The van der Waals surface area contributed by atoms with Gasteiger partial charge < -0.3 is 0 Å². The summed E-state index contributed by atoms with van der Waals surface area (Å²) in [6, 6.07) is 8.65. The average molecular weight is 505 g/mol. The SMILES string of the molecule is CCCC1CCC(C2CCC(/C=C(\C)c3ccc(-c4cc(F)c(C(F)(F)F)c(F)c4)cc3)CC2)CC1. The molecule has 0 saturated heterocycles. The van der Waals surface area contributed by atoms with E-state index in [9.17, 15) is 22.0 Å². The van der Waals surface area contributed by atoms with Crippen LogP contribution in [-0.2, 0) is 6.18 Å². The van der Waals surface area contributed by atoms with Gasteiger partial charge >= 0.3 is 6.18 Å². The number of rotatable bonds is 6. The molecule has 0 bridgehead atoms. The van der Waals surface area contributed by atoms with Gasteiger partial charge in [-0.2, -0.15) is 13.2 Å². The molecule has 2 aromatic rings. The Morgan fingerprint density at radius 2 is 1.33 bits per heavy atom. The highest BCUT2D eigenvalue weighted by atomic mass is 19.4. The summed E-state index contributed by atoms with van der Waals surface area (Å²) in [4.78, 5) is 0. The van der Waals surface area contributed by atoms with Crippen LogP contribution < -0.4 is 0 Å². The molecule has 5 heteroatoms. The first-order valence-corrected chi connectivity index (χ1v) is 13.5. The molecule has 4 rings (SSSR count). The number of hydrogen-bond donors (Lipinski definition) is 0. The summed E-state index contributed by atoms with van der Waals surface area (Å²) >= 11 is 0. The van der Waals surface area contributed by atoms with E-state index < -0.39 is 23.4 Å². The lowest BCUT2D eigenvalue weighted by Crippen LogP contribution is -2.25. The van der Waals surface area contributed by atoms with Crippen molar-refractivity contribution in [3.63, 3.8) is 0 Å². The maximum atomic E-state index is 14.0. The molecule has 0 N–H and O–H groups in total. The predicted octanol–water partition coefficient (Wildman–Crippen LogP) is 10.5. The van der Waals surface area contributed by atoms with Gasteiger partial charge in [0.25, 0.3) is 0 Å². The van der Waals surface area contributed by atoms with Gasteiger partial charge in [0.05, 0.1) is 0 Å². The molecule has 2 fully saturated rings. The second-order valence-corrected chi connectivity index (χ2v) is 11.0. The summed E-state index contributed by atoms with van der Waals surface area (Å²) in [7, 11) is 0. The maximum absolute atomic E-state index is 14.0. The van der Waals surface area contributed by atoms with Crippen molar-refractivity contribution in [2.75, 3.05) is 0 Å². The van der Waals surface area contributed by atoms with Gasteiger partial charge in [-0.3, -0.25) is 0 Å². The molecule has 0 amide bonds. The van der Waals surface area contributed by atoms with Crippen LogP contribution in [0.15, 0.2) is 42.5 Å². The van der Waals surface area contributed by atoms with Crippen LogP contribution in [0.4, 0.5) is 22.0 Å². The molecular formula is C31H37F5. The second kappa shape index (κ2) is 11.5. The minimum atomic E-state index is -5.06. The third-order valence-electron chi connectivity index (χ3n) is 8.56. The predicted molar refractivity (Wildman–Crippen MR) is 136 cm³/mol. The molecule has 2 saturated carbocycles. The zero-order chi connectivity index (χ0) is 25.9. The maximum Gasteiger partial charge on any atom is 0.422 e. The zero-order valence-corrected chi connectivity index (χ0v) is 21.3. The molecule has 0 aromatic heterocycles. The molecule has 0 spiro atoms. The number of hydrogen-bond acceptors (Lipinski definition) is 0. The fourth-order valence-corrected chi connectivity index (χ4v) is 6.53. The van der Waals surface area contributed by atoms with Crippen LogP contribution in [-0.4, -0.2) is 0 Å². The van der Waals surface area contributed by atoms with Gasteiger partial charge in [0.1, 0.15) is 17.2 Å². The van der Waals surface area contributed by atoms with E-state index in [1.54, 1.807) is 12.1 Å². The van der Waals surface area contributed by atoms with Gasteiger partial charge in [-0.25, -0.2) is 8.78 Å². The fraction of sp³-hybridized carbons (Fsp3) is 0.548. The molecule has 0 unspecified atom stereocenters. The average Bonchev–Trinajstić information content (AvgIpc) is 2.84. The zero-order valence-electron chi connectivity index (χ0n) is 21.3. The Kier molecular flexibility index (Phi) is 8.57. The molecule has 0 aliphatic heterocycles. The van der Waals surface area contributed by atoms with E-state index >= 15 is 0 Å². The van der Waals surface area contributed by atoms with E-state index in [1.807, 2.05) is 12.1 Å². The van der Waals surface area contributed by atoms with E-state index in [0.29, 0.717) is 11.5 Å². The smallest absolute Gasteiger partial charge is 0.206 e. The Labute approximate surface area is 212 Å². The Bertz CT molecular complexity index is 1010. The topological polar surface area (TPSA) is 0 Å². The first kappa shape index (κ1) is 26.9. The minimum absolute atomic E-state index is 0.0910. The molecule has 0 atom stereocenters. The summed E-state index contributed by atoms with van der Waals surface area (Å²) < 4.78 is 66.5. The molecular weight excluding hydrogens is 467 g/mol. The molecule has 196 valence electrons. The largest absolute Gasteiger partial charge is 0.422 e. The highest BCUT2D eigenvalue weighted by Crippen LogP contribution is 2.43. The lowest BCUT2D eigenvalue weighted by Gasteiger charge is -2.37. The van der Waals surface area contributed by atoms with Gasteiger partial charge in [0.2, 0.25) is 0 Å². The van der Waals surface area contributed by atoms with E-state index in [2.05, 4.69) is 19.9 Å². The van der Waals surface area contributed by atoms with E-state index in [1.165, 1.54) is 64.2 Å². The Balaban J connectivity index is 1.35. The molecule has 2 aliphatic rings. The van der Waals surface area contributed by atoms with Crippen LogP contribution in [0.3, 0.4) is 0 Å². The lowest BCUT2D eigenvalue weighted by molar-refractivity contribution is -0.142. The quantitative estimate of drug-likeness (QED) is 0.343. The van der Waals surface area contributed by atoms with Crippen LogP contribution >= 0.6 is 0 Å². The fourth-order valence-electron chi connectivity index (χ4n) is 6.53. The summed E-state index contributed by atoms with van der Waals surface area (Å²) in [6.07, 6.45) is 10.7. The lowest BCUT2D eigenvalue weighted by atomic mass is 9.68. The van der Waals surface area contributed by atoms with Crippen LogP contribution in [0.1, 0.15) is 89.2 Å². The number of allylic oxidation sites excluding steroid dienone is 2. The van der Waals surface area contributed by atoms with Crippen molar-refractivity contribution in [3.05, 3.63) is 65.2 Å². The third-order valence-corrected chi connectivity index (χ3v) is 8.56. The van der Waals surface area contributed by atoms with Gasteiger partial charge in [0, 0.05) is 0 Å².